The van der Waals surface area contributed by atoms with Crippen molar-refractivity contribution in [3.63, 3.8) is 0 Å². The Morgan fingerprint density at radius 2 is 1.91 bits per heavy atom. The number of fused-ring (bicyclic) bond motifs is 1. The van der Waals surface area contributed by atoms with Gasteiger partial charge in [0.15, 0.2) is 4.80 Å². The van der Waals surface area contributed by atoms with Crippen LogP contribution < -0.4 is 29.7 Å². The number of para-hydroxylation sites is 1. The average molecular weight is 642 g/mol. The number of ether oxygens (including phenoxy) is 2. The summed E-state index contributed by atoms with van der Waals surface area (Å²) in [6, 6.07) is 23.8. The van der Waals surface area contributed by atoms with E-state index >= 15 is 0 Å². The molecule has 7 nitrogen and oxygen atoms in total. The summed E-state index contributed by atoms with van der Waals surface area (Å²) in [6.07, 6.45) is 1.84. The summed E-state index contributed by atoms with van der Waals surface area (Å²) in [5.41, 5.74) is 4.09. The second-order valence-corrected chi connectivity index (χ2v) is 12.6. The van der Waals surface area contributed by atoms with Gasteiger partial charge >= 0.3 is 0 Å². The number of anilines is 1. The maximum absolute atomic E-state index is 14.0. The Balaban J connectivity index is 1.38. The highest BCUT2D eigenvalue weighted by Gasteiger charge is 2.33. The van der Waals surface area contributed by atoms with Crippen molar-refractivity contribution >= 4 is 51.9 Å². The maximum Gasteiger partial charge on any atom is 0.271 e. The number of rotatable bonds is 8. The van der Waals surface area contributed by atoms with Crippen molar-refractivity contribution in [2.24, 2.45) is 4.99 Å². The molecule has 6 rings (SSSR count). The molecule has 0 unspecified atom stereocenters. The fourth-order valence-electron chi connectivity index (χ4n) is 5.10. The average Bonchev–Trinajstić information content (AvgIpc) is 3.65. The van der Waals surface area contributed by atoms with Crippen molar-refractivity contribution in [2.45, 2.75) is 26.5 Å². The van der Waals surface area contributed by atoms with Crippen molar-refractivity contribution in [3.8, 4) is 11.5 Å². The molecule has 1 atom stereocenters. The molecule has 0 bridgehead atoms. The van der Waals surface area contributed by atoms with Gasteiger partial charge < -0.3 is 14.8 Å². The monoisotopic (exact) mass is 641 g/mol. The number of hydrogen-bond acceptors (Lipinski definition) is 7. The van der Waals surface area contributed by atoms with Gasteiger partial charge in [0.25, 0.3) is 11.5 Å². The number of thiophene rings is 1. The normalized spacial score (nSPS) is 14.6. The van der Waals surface area contributed by atoms with Crippen LogP contribution >= 0.6 is 34.3 Å². The lowest BCUT2D eigenvalue weighted by atomic mass is 10.0. The Labute approximate surface area is 267 Å². The highest BCUT2D eigenvalue weighted by molar-refractivity contribution is 7.10. The van der Waals surface area contributed by atoms with Gasteiger partial charge in [-0.25, -0.2) is 4.99 Å². The Kier molecular flexibility index (Phi) is 8.52. The number of halogens is 1. The molecule has 0 aliphatic carbocycles. The Bertz CT molecular complexity index is 2080. The molecule has 2 aromatic heterocycles. The van der Waals surface area contributed by atoms with E-state index in [0.717, 1.165) is 27.3 Å². The molecule has 5 aromatic rings. The van der Waals surface area contributed by atoms with Gasteiger partial charge in [0.2, 0.25) is 0 Å². The number of carbonyl (C=O) groups excluding carboxylic acids is 1. The van der Waals surface area contributed by atoms with E-state index in [1.807, 2.05) is 92.0 Å². The summed E-state index contributed by atoms with van der Waals surface area (Å²) in [5, 5.41) is 5.57. The van der Waals surface area contributed by atoms with Crippen LogP contribution in [-0.2, 0) is 11.4 Å². The third-order valence-corrected chi connectivity index (χ3v) is 9.41. The van der Waals surface area contributed by atoms with E-state index in [1.54, 1.807) is 23.8 Å². The highest BCUT2D eigenvalue weighted by atomic mass is 35.5. The Morgan fingerprint density at radius 1 is 1.07 bits per heavy atom. The summed E-state index contributed by atoms with van der Waals surface area (Å²) in [7, 11) is 1.61. The van der Waals surface area contributed by atoms with Crippen LogP contribution in [0.3, 0.4) is 0 Å². The summed E-state index contributed by atoms with van der Waals surface area (Å²) in [5.74, 6) is 1.03. The molecular weight excluding hydrogens is 614 g/mol. The van der Waals surface area contributed by atoms with Crippen LogP contribution in [-0.4, -0.2) is 17.6 Å². The second-order valence-electron chi connectivity index (χ2n) is 10.2. The fourth-order valence-corrected chi connectivity index (χ4v) is 7.15. The Morgan fingerprint density at radius 3 is 2.66 bits per heavy atom. The lowest BCUT2D eigenvalue weighted by molar-refractivity contribution is -0.113. The zero-order valence-electron chi connectivity index (χ0n) is 24.2. The van der Waals surface area contributed by atoms with Gasteiger partial charge in [-0.3, -0.25) is 14.2 Å². The maximum atomic E-state index is 14.0. The minimum atomic E-state index is -0.602. The van der Waals surface area contributed by atoms with E-state index in [9.17, 15) is 9.59 Å². The lowest BCUT2D eigenvalue weighted by Crippen LogP contribution is -2.40. The minimum absolute atomic E-state index is 0.214. The van der Waals surface area contributed by atoms with E-state index in [1.165, 1.54) is 22.7 Å². The largest absolute Gasteiger partial charge is 0.496 e. The van der Waals surface area contributed by atoms with E-state index in [2.05, 4.69) is 5.32 Å². The number of amides is 1. The molecule has 3 aromatic carbocycles. The quantitative estimate of drug-likeness (QED) is 0.210. The van der Waals surface area contributed by atoms with Crippen LogP contribution in [0.4, 0.5) is 5.69 Å². The van der Waals surface area contributed by atoms with Crippen LogP contribution in [0.25, 0.3) is 6.08 Å². The first-order valence-electron chi connectivity index (χ1n) is 13.8. The number of nitrogens with one attached hydrogen (secondary N) is 1. The van der Waals surface area contributed by atoms with Crippen LogP contribution in [0.5, 0.6) is 11.5 Å². The van der Waals surface area contributed by atoms with Gasteiger partial charge in [0, 0.05) is 21.2 Å². The van der Waals surface area contributed by atoms with Crippen LogP contribution in [0.2, 0.25) is 5.02 Å². The molecule has 0 saturated heterocycles. The SMILES string of the molecule is COc1ccc(C=c2sc3n(c2=O)[C@H](c2cccs2)C(C(=O)Nc2ccccc2C)=C(C)N=3)cc1COc1cccc(Cl)c1. The van der Waals surface area contributed by atoms with Gasteiger partial charge in [0.05, 0.1) is 22.9 Å². The van der Waals surface area contributed by atoms with Crippen LogP contribution in [0.15, 0.2) is 105 Å². The molecule has 1 aliphatic rings. The van der Waals surface area contributed by atoms with Crippen LogP contribution in [0, 0.1) is 6.92 Å². The first-order valence-corrected chi connectivity index (χ1v) is 15.9. The minimum Gasteiger partial charge on any atom is -0.496 e. The molecule has 3 heterocycles. The zero-order valence-corrected chi connectivity index (χ0v) is 26.6. The molecule has 1 amide bonds. The van der Waals surface area contributed by atoms with Crippen molar-refractivity contribution in [2.75, 3.05) is 12.4 Å². The van der Waals surface area contributed by atoms with E-state index in [-0.39, 0.29) is 18.1 Å². The lowest BCUT2D eigenvalue weighted by Gasteiger charge is -2.24. The molecular formula is C34H28ClN3O4S2. The molecule has 1 N–H and O–H groups in total. The summed E-state index contributed by atoms with van der Waals surface area (Å²) in [6.45, 7) is 4.01. The van der Waals surface area contributed by atoms with Gasteiger partial charge in [-0.05, 0) is 78.9 Å². The van der Waals surface area contributed by atoms with Crippen molar-refractivity contribution in [3.05, 3.63) is 142 Å². The van der Waals surface area contributed by atoms with Gasteiger partial charge in [-0.15, -0.1) is 11.3 Å². The second kappa shape index (κ2) is 12.7. The number of benzene rings is 3. The van der Waals surface area contributed by atoms with Gasteiger partial charge in [-0.1, -0.05) is 59.3 Å². The highest BCUT2D eigenvalue weighted by Crippen LogP contribution is 2.33. The van der Waals surface area contributed by atoms with E-state index in [0.29, 0.717) is 37.1 Å². The van der Waals surface area contributed by atoms with Crippen molar-refractivity contribution < 1.29 is 14.3 Å². The van der Waals surface area contributed by atoms with Crippen molar-refractivity contribution in [1.82, 2.24) is 4.57 Å². The van der Waals surface area contributed by atoms with Crippen molar-refractivity contribution in [1.29, 1.82) is 0 Å². The summed E-state index contributed by atoms with van der Waals surface area (Å²) in [4.78, 5) is 34.0. The fraction of sp³-hybridized carbons (Fsp3) is 0.147. The number of methoxy groups -OCH3 is 1. The predicted octanol–water partition coefficient (Wildman–Crippen LogP) is 6.48. The molecule has 0 spiro atoms. The number of aryl methyl sites for hydroxylation is 1. The first kappa shape index (κ1) is 29.6. The van der Waals surface area contributed by atoms with Gasteiger partial charge in [-0.2, -0.15) is 0 Å². The number of allylic oxidation sites excluding steroid dienone is 1. The molecule has 222 valence electrons. The zero-order chi connectivity index (χ0) is 30.8. The summed E-state index contributed by atoms with van der Waals surface area (Å²) < 4.78 is 13.7. The molecule has 0 fully saturated rings. The smallest absolute Gasteiger partial charge is 0.271 e. The van der Waals surface area contributed by atoms with E-state index < -0.39 is 6.04 Å². The summed E-state index contributed by atoms with van der Waals surface area (Å²) >= 11 is 8.91. The topological polar surface area (TPSA) is 81.9 Å². The molecule has 0 radical (unpaired) electrons. The number of carbonyl (C=O) groups is 1. The third-order valence-electron chi connectivity index (χ3n) is 7.26. The van der Waals surface area contributed by atoms with Crippen LogP contribution in [0.1, 0.15) is 34.5 Å². The number of nitrogens with zero attached hydrogens (tertiary/aromatic N) is 2. The van der Waals surface area contributed by atoms with Gasteiger partial charge in [0.1, 0.15) is 24.1 Å². The standard InChI is InChI=1S/C34H28ClN3O4S2/c1-20-8-4-5-11-26(20)37-32(39)30-21(2)36-34-38(31(30)28-12-7-15-43-28)33(40)29(44-34)17-22-13-14-27(41-3)23(16-22)19-42-25-10-6-9-24(35)18-25/h4-18,31H,19H2,1-3H3,(H,37,39)/t31-/m1/s1. The molecule has 0 saturated carbocycles. The number of aromatic nitrogens is 1. The molecule has 1 aliphatic heterocycles. The molecule has 10 heteroatoms. The number of thiazole rings is 1. The molecule has 44 heavy (non-hydrogen) atoms. The predicted molar refractivity (Wildman–Crippen MR) is 177 cm³/mol. The Hall–Kier alpha value is -4.44. The number of hydrogen-bond donors (Lipinski definition) is 1. The third kappa shape index (κ3) is 5.99. The first-order chi connectivity index (χ1) is 21.3. The van der Waals surface area contributed by atoms with E-state index in [4.69, 9.17) is 26.1 Å².